The van der Waals surface area contributed by atoms with Crippen molar-refractivity contribution in [2.24, 2.45) is 0 Å². The zero-order valence-electron chi connectivity index (χ0n) is 12.1. The fourth-order valence-corrected chi connectivity index (χ4v) is 2.23. The molecule has 7 heteroatoms. The number of furan rings is 1. The van der Waals surface area contributed by atoms with Crippen LogP contribution in [-0.4, -0.2) is 22.7 Å². The Morgan fingerprint density at radius 2 is 2.18 bits per heavy atom. The second kappa shape index (κ2) is 7.40. The Kier molecular flexibility index (Phi) is 5.54. The van der Waals surface area contributed by atoms with Crippen molar-refractivity contribution in [3.8, 4) is 11.3 Å². The Labute approximate surface area is 132 Å². The number of nitro groups is 1. The van der Waals surface area contributed by atoms with Crippen LogP contribution in [0.3, 0.4) is 0 Å². The molecule has 0 radical (unpaired) electrons. The van der Waals surface area contributed by atoms with Crippen LogP contribution in [0.15, 0.2) is 34.7 Å². The van der Waals surface area contributed by atoms with Gasteiger partial charge in [-0.25, -0.2) is 0 Å². The van der Waals surface area contributed by atoms with E-state index in [1.54, 1.807) is 24.3 Å². The molecule has 0 aliphatic heterocycles. The second-order valence-corrected chi connectivity index (χ2v) is 5.29. The molecule has 2 aromatic rings. The van der Waals surface area contributed by atoms with Crippen molar-refractivity contribution in [3.05, 3.63) is 51.2 Å². The molecule has 1 atom stereocenters. The van der Waals surface area contributed by atoms with Gasteiger partial charge in [-0.2, -0.15) is 0 Å². The molecule has 0 aliphatic rings. The Morgan fingerprint density at radius 3 is 2.82 bits per heavy atom. The summed E-state index contributed by atoms with van der Waals surface area (Å²) in [6, 6.07) is 7.90. The van der Waals surface area contributed by atoms with Gasteiger partial charge in [-0.05, 0) is 30.7 Å². The van der Waals surface area contributed by atoms with Crippen molar-refractivity contribution in [1.82, 2.24) is 5.32 Å². The number of nitro benzene ring substituents is 1. The van der Waals surface area contributed by atoms with Crippen LogP contribution in [0.5, 0.6) is 0 Å². The molecule has 2 rings (SSSR count). The number of hydrogen-bond acceptors (Lipinski definition) is 5. The zero-order valence-corrected chi connectivity index (χ0v) is 12.8. The van der Waals surface area contributed by atoms with Crippen LogP contribution in [0.4, 0.5) is 5.69 Å². The summed E-state index contributed by atoms with van der Waals surface area (Å²) in [5.41, 5.74) is 0.290. The molecule has 1 heterocycles. The molecule has 1 aromatic heterocycles. The smallest absolute Gasteiger partial charge is 0.281 e. The first-order valence-electron chi connectivity index (χ1n) is 6.92. The quantitative estimate of drug-likeness (QED) is 0.602. The van der Waals surface area contributed by atoms with Gasteiger partial charge in [0.25, 0.3) is 5.69 Å². The highest BCUT2D eigenvalue weighted by Crippen LogP contribution is 2.33. The van der Waals surface area contributed by atoms with Crippen LogP contribution >= 0.6 is 11.6 Å². The standard InChI is InChI=1S/C15H17ClN2O4/c1-2-11(9-19)17-8-12-4-6-15(22-12)13-5-3-10(16)7-14(13)18(20)21/h3-7,11,17,19H,2,8-9H2,1H3. The van der Waals surface area contributed by atoms with Crippen molar-refractivity contribution in [2.45, 2.75) is 25.9 Å². The maximum Gasteiger partial charge on any atom is 0.281 e. The fraction of sp³-hybridized carbons (Fsp3) is 0.333. The van der Waals surface area contributed by atoms with E-state index >= 15 is 0 Å². The summed E-state index contributed by atoms with van der Waals surface area (Å²) in [5, 5.41) is 23.7. The lowest BCUT2D eigenvalue weighted by Crippen LogP contribution is -2.30. The molecule has 22 heavy (non-hydrogen) atoms. The maximum absolute atomic E-state index is 11.1. The summed E-state index contributed by atoms with van der Waals surface area (Å²) in [4.78, 5) is 10.6. The molecule has 0 bridgehead atoms. The van der Waals surface area contributed by atoms with Crippen LogP contribution in [-0.2, 0) is 6.54 Å². The van der Waals surface area contributed by atoms with Crippen molar-refractivity contribution in [1.29, 1.82) is 0 Å². The number of aliphatic hydroxyl groups excluding tert-OH is 1. The fourth-order valence-electron chi connectivity index (χ4n) is 2.06. The lowest BCUT2D eigenvalue weighted by molar-refractivity contribution is -0.384. The largest absolute Gasteiger partial charge is 0.459 e. The average Bonchev–Trinajstić information content (AvgIpc) is 2.97. The molecule has 1 aromatic carbocycles. The van der Waals surface area contributed by atoms with Gasteiger partial charge in [0.1, 0.15) is 11.5 Å². The first kappa shape index (κ1) is 16.5. The van der Waals surface area contributed by atoms with E-state index in [2.05, 4.69) is 5.32 Å². The monoisotopic (exact) mass is 324 g/mol. The highest BCUT2D eigenvalue weighted by Gasteiger charge is 2.18. The summed E-state index contributed by atoms with van der Waals surface area (Å²) in [6.45, 7) is 2.46. The number of benzene rings is 1. The van der Waals surface area contributed by atoms with Gasteiger partial charge in [0.05, 0.1) is 23.6 Å². The Morgan fingerprint density at radius 1 is 1.41 bits per heavy atom. The molecule has 6 nitrogen and oxygen atoms in total. The van der Waals surface area contributed by atoms with Crippen LogP contribution in [0.25, 0.3) is 11.3 Å². The van der Waals surface area contributed by atoms with Gasteiger partial charge in [0.2, 0.25) is 0 Å². The third-order valence-corrected chi connectivity index (χ3v) is 3.60. The van der Waals surface area contributed by atoms with E-state index in [0.717, 1.165) is 6.42 Å². The van der Waals surface area contributed by atoms with E-state index in [9.17, 15) is 10.1 Å². The van der Waals surface area contributed by atoms with Crippen LogP contribution < -0.4 is 5.32 Å². The van der Waals surface area contributed by atoms with Gasteiger partial charge in [-0.3, -0.25) is 10.1 Å². The number of nitrogens with zero attached hydrogens (tertiary/aromatic N) is 1. The molecular formula is C15H17ClN2O4. The van der Waals surface area contributed by atoms with Gasteiger partial charge in [-0.15, -0.1) is 0 Å². The van der Waals surface area contributed by atoms with E-state index in [0.29, 0.717) is 28.7 Å². The molecule has 118 valence electrons. The van der Waals surface area contributed by atoms with Crippen molar-refractivity contribution in [2.75, 3.05) is 6.61 Å². The van der Waals surface area contributed by atoms with Crippen molar-refractivity contribution >= 4 is 17.3 Å². The van der Waals surface area contributed by atoms with E-state index in [1.807, 2.05) is 6.92 Å². The van der Waals surface area contributed by atoms with Gasteiger partial charge in [0, 0.05) is 17.1 Å². The molecule has 0 fully saturated rings. The Bertz CT molecular complexity index is 653. The van der Waals surface area contributed by atoms with Crippen LogP contribution in [0.2, 0.25) is 5.02 Å². The summed E-state index contributed by atoms with van der Waals surface area (Å²) in [7, 11) is 0. The number of halogens is 1. The maximum atomic E-state index is 11.1. The molecule has 0 saturated heterocycles. The zero-order chi connectivity index (χ0) is 16.1. The number of rotatable bonds is 7. The SMILES string of the molecule is CCC(CO)NCc1ccc(-c2ccc(Cl)cc2[N+](=O)[O-])o1. The van der Waals surface area contributed by atoms with Crippen LogP contribution in [0, 0.1) is 10.1 Å². The molecule has 0 saturated carbocycles. The van der Waals surface area contributed by atoms with Gasteiger partial charge in [0.15, 0.2) is 0 Å². The average molecular weight is 325 g/mol. The van der Waals surface area contributed by atoms with Gasteiger partial charge < -0.3 is 14.8 Å². The molecular weight excluding hydrogens is 308 g/mol. The molecule has 1 unspecified atom stereocenters. The number of nitrogens with one attached hydrogen (secondary N) is 1. The lowest BCUT2D eigenvalue weighted by Gasteiger charge is -2.12. The molecule has 2 N–H and O–H groups in total. The summed E-state index contributed by atoms with van der Waals surface area (Å²) in [6.07, 6.45) is 0.798. The highest BCUT2D eigenvalue weighted by molar-refractivity contribution is 6.30. The highest BCUT2D eigenvalue weighted by atomic mass is 35.5. The van der Waals surface area contributed by atoms with Crippen molar-refractivity contribution < 1.29 is 14.4 Å². The minimum Gasteiger partial charge on any atom is -0.459 e. The van der Waals surface area contributed by atoms with Gasteiger partial charge in [-0.1, -0.05) is 18.5 Å². The summed E-state index contributed by atoms with van der Waals surface area (Å²) in [5.74, 6) is 1.06. The number of aliphatic hydroxyl groups is 1. The predicted octanol–water partition coefficient (Wildman–Crippen LogP) is 3.37. The van der Waals surface area contributed by atoms with Crippen molar-refractivity contribution in [3.63, 3.8) is 0 Å². The predicted molar refractivity (Wildman–Crippen MR) is 83.8 cm³/mol. The summed E-state index contributed by atoms with van der Waals surface area (Å²) < 4.78 is 5.65. The first-order chi connectivity index (χ1) is 10.5. The normalized spacial score (nSPS) is 12.3. The number of hydrogen-bond donors (Lipinski definition) is 2. The third kappa shape index (κ3) is 3.85. The minimum absolute atomic E-state index is 0.00146. The van der Waals surface area contributed by atoms with E-state index < -0.39 is 4.92 Å². The van der Waals surface area contributed by atoms with Gasteiger partial charge >= 0.3 is 0 Å². The Balaban J connectivity index is 2.20. The van der Waals surface area contributed by atoms with E-state index in [4.69, 9.17) is 21.1 Å². The second-order valence-electron chi connectivity index (χ2n) is 4.85. The van der Waals surface area contributed by atoms with Crippen LogP contribution in [0.1, 0.15) is 19.1 Å². The topological polar surface area (TPSA) is 88.5 Å². The first-order valence-corrected chi connectivity index (χ1v) is 7.30. The molecule has 0 spiro atoms. The molecule has 0 aliphatic carbocycles. The molecule has 0 amide bonds. The van der Waals surface area contributed by atoms with E-state index in [-0.39, 0.29) is 18.3 Å². The van der Waals surface area contributed by atoms with E-state index in [1.165, 1.54) is 6.07 Å². The Hall–Kier alpha value is -1.89. The lowest BCUT2D eigenvalue weighted by atomic mass is 10.1. The third-order valence-electron chi connectivity index (χ3n) is 3.36. The minimum atomic E-state index is -0.486. The summed E-state index contributed by atoms with van der Waals surface area (Å²) >= 11 is 5.80.